The average molecular weight is 233 g/mol. The van der Waals surface area contributed by atoms with Crippen molar-refractivity contribution in [3.05, 3.63) is 10.4 Å². The normalized spacial score (nSPS) is 17.8. The molecular weight excluding hydrogens is 222 g/mol. The Morgan fingerprint density at radius 3 is 2.31 bits per heavy atom. The molecule has 0 spiro atoms. The highest BCUT2D eigenvalue weighted by Gasteiger charge is 2.50. The van der Waals surface area contributed by atoms with Gasteiger partial charge in [-0.2, -0.15) is 0 Å². The molecule has 0 bridgehead atoms. The third kappa shape index (κ3) is 2.54. The highest BCUT2D eigenvalue weighted by Crippen LogP contribution is 2.18. The van der Waals surface area contributed by atoms with E-state index in [1.807, 2.05) is 0 Å². The van der Waals surface area contributed by atoms with Gasteiger partial charge in [-0.25, -0.2) is 0 Å². The lowest BCUT2D eigenvalue weighted by Crippen LogP contribution is -2.59. The first-order valence-electron chi connectivity index (χ1n) is 4.12. The van der Waals surface area contributed by atoms with Crippen molar-refractivity contribution in [3.8, 4) is 0 Å². The molecule has 3 atom stereocenters. The van der Waals surface area contributed by atoms with Crippen LogP contribution < -0.4 is 0 Å². The first-order chi connectivity index (χ1) is 7.32. The molecule has 0 aliphatic heterocycles. The van der Waals surface area contributed by atoms with E-state index in [2.05, 4.69) is 10.0 Å². The van der Waals surface area contributed by atoms with E-state index in [9.17, 15) is 19.8 Å². The summed E-state index contributed by atoms with van der Waals surface area (Å²) in [6, 6.07) is 0. The SMILES string of the molecule is CC(=O)C(O)(C(=O)N=[N+]=[N-])C(O)C(O)CO. The van der Waals surface area contributed by atoms with Crippen LogP contribution in [-0.4, -0.2) is 56.5 Å². The van der Waals surface area contributed by atoms with Crippen LogP contribution in [0.25, 0.3) is 10.4 Å². The molecule has 1 amide bonds. The molecule has 0 saturated heterocycles. The summed E-state index contributed by atoms with van der Waals surface area (Å²) in [4.78, 5) is 24.2. The molecule has 0 aromatic carbocycles. The molecule has 0 aromatic rings. The van der Waals surface area contributed by atoms with Crippen LogP contribution in [0.1, 0.15) is 6.92 Å². The lowest BCUT2D eigenvalue weighted by atomic mass is 9.88. The van der Waals surface area contributed by atoms with Crippen LogP contribution in [0.3, 0.4) is 0 Å². The zero-order chi connectivity index (χ0) is 12.9. The quantitative estimate of drug-likeness (QED) is 0.183. The zero-order valence-corrected chi connectivity index (χ0v) is 8.31. The molecule has 90 valence electrons. The number of azide groups is 1. The van der Waals surface area contributed by atoms with Gasteiger partial charge in [-0.15, -0.1) is 0 Å². The van der Waals surface area contributed by atoms with E-state index in [4.69, 9.17) is 15.7 Å². The van der Waals surface area contributed by atoms with E-state index in [0.29, 0.717) is 0 Å². The molecule has 4 N–H and O–H groups in total. The predicted molar refractivity (Wildman–Crippen MR) is 48.9 cm³/mol. The van der Waals surface area contributed by atoms with Gasteiger partial charge in [0.25, 0.3) is 5.91 Å². The van der Waals surface area contributed by atoms with Crippen molar-refractivity contribution < 1.29 is 30.0 Å². The molecule has 0 rings (SSSR count). The Hall–Kier alpha value is -1.51. The number of amides is 1. The van der Waals surface area contributed by atoms with Gasteiger partial charge in [0.15, 0.2) is 5.78 Å². The maximum absolute atomic E-state index is 11.1. The third-order valence-corrected chi connectivity index (χ3v) is 1.98. The van der Waals surface area contributed by atoms with Gasteiger partial charge >= 0.3 is 0 Å². The monoisotopic (exact) mass is 233 g/mol. The number of Topliss-reactive ketones (excluding diaryl/α,β-unsaturated/α-hetero) is 1. The number of hydrogen-bond donors (Lipinski definition) is 4. The van der Waals surface area contributed by atoms with Crippen LogP contribution in [0.5, 0.6) is 0 Å². The number of carbonyl (C=O) groups excluding carboxylic acids is 2. The first kappa shape index (κ1) is 14.5. The largest absolute Gasteiger partial charge is 0.394 e. The molecule has 0 heterocycles. The van der Waals surface area contributed by atoms with Crippen molar-refractivity contribution in [3.63, 3.8) is 0 Å². The van der Waals surface area contributed by atoms with Gasteiger partial charge in [-0.05, 0) is 17.6 Å². The maximum Gasteiger partial charge on any atom is 0.260 e. The van der Waals surface area contributed by atoms with Gasteiger partial charge in [0.2, 0.25) is 5.60 Å². The topological polar surface area (TPSA) is 164 Å². The van der Waals surface area contributed by atoms with E-state index in [1.54, 1.807) is 0 Å². The van der Waals surface area contributed by atoms with E-state index < -0.39 is 36.1 Å². The molecule has 9 heteroatoms. The van der Waals surface area contributed by atoms with Gasteiger partial charge in [0.1, 0.15) is 12.2 Å². The first-order valence-corrected chi connectivity index (χ1v) is 4.12. The molecule has 0 aromatic heterocycles. The lowest BCUT2D eigenvalue weighted by molar-refractivity contribution is -0.172. The van der Waals surface area contributed by atoms with Crippen molar-refractivity contribution >= 4 is 11.7 Å². The minimum Gasteiger partial charge on any atom is -0.394 e. The summed E-state index contributed by atoms with van der Waals surface area (Å²) in [5.41, 5.74) is 4.92. The fourth-order valence-corrected chi connectivity index (χ4v) is 0.980. The smallest absolute Gasteiger partial charge is 0.260 e. The Morgan fingerprint density at radius 1 is 1.50 bits per heavy atom. The molecular formula is C7H11N3O6. The average Bonchev–Trinajstić information content (AvgIpc) is 2.25. The van der Waals surface area contributed by atoms with Crippen LogP contribution in [-0.2, 0) is 9.59 Å². The summed E-state index contributed by atoms with van der Waals surface area (Å²) in [5, 5.41) is 38.9. The number of rotatable bonds is 5. The second-order valence-corrected chi connectivity index (χ2v) is 3.01. The number of nitrogens with zero attached hydrogens (tertiary/aromatic N) is 3. The zero-order valence-electron chi connectivity index (χ0n) is 8.31. The van der Waals surface area contributed by atoms with Crippen molar-refractivity contribution in [1.29, 1.82) is 0 Å². The number of carbonyl (C=O) groups is 2. The summed E-state index contributed by atoms with van der Waals surface area (Å²) in [5.74, 6) is -2.87. The fourth-order valence-electron chi connectivity index (χ4n) is 0.980. The predicted octanol–water partition coefficient (Wildman–Crippen LogP) is -2.14. The van der Waals surface area contributed by atoms with E-state index in [0.717, 1.165) is 6.92 Å². The fraction of sp³-hybridized carbons (Fsp3) is 0.714. The molecule has 0 saturated carbocycles. The van der Waals surface area contributed by atoms with E-state index in [1.165, 1.54) is 0 Å². The summed E-state index contributed by atoms with van der Waals surface area (Å²) in [6.07, 6.45) is -4.21. The van der Waals surface area contributed by atoms with Gasteiger partial charge < -0.3 is 20.4 Å². The summed E-state index contributed by atoms with van der Waals surface area (Å²) in [7, 11) is 0. The van der Waals surface area contributed by atoms with E-state index in [-0.39, 0.29) is 0 Å². The highest BCUT2D eigenvalue weighted by atomic mass is 16.4. The summed E-state index contributed by atoms with van der Waals surface area (Å²) in [6.45, 7) is -0.224. The molecule has 0 fully saturated rings. The third-order valence-electron chi connectivity index (χ3n) is 1.98. The summed E-state index contributed by atoms with van der Waals surface area (Å²) < 4.78 is 0. The Kier molecular flexibility index (Phi) is 5.02. The number of aliphatic hydroxyl groups is 4. The van der Waals surface area contributed by atoms with Crippen LogP contribution in [0, 0.1) is 0 Å². The standard InChI is InChI=1S/C7H11N3O6/c1-3(12)7(16,6(15)9-10-8)5(14)4(13)2-11/h4-5,11,13-14,16H,2H2,1H3. The Labute approximate surface area is 89.6 Å². The molecule has 3 unspecified atom stereocenters. The maximum atomic E-state index is 11.1. The van der Waals surface area contributed by atoms with Crippen molar-refractivity contribution in [2.45, 2.75) is 24.7 Å². The van der Waals surface area contributed by atoms with Crippen LogP contribution >= 0.6 is 0 Å². The number of hydrogen-bond acceptors (Lipinski definition) is 6. The van der Waals surface area contributed by atoms with Crippen molar-refractivity contribution in [2.24, 2.45) is 5.11 Å². The second kappa shape index (κ2) is 5.54. The number of aliphatic hydroxyl groups excluding tert-OH is 3. The molecule has 0 aliphatic carbocycles. The van der Waals surface area contributed by atoms with Gasteiger partial charge in [-0.1, -0.05) is 0 Å². The number of ketones is 1. The van der Waals surface area contributed by atoms with Crippen molar-refractivity contribution in [2.75, 3.05) is 6.61 Å². The molecule has 9 nitrogen and oxygen atoms in total. The van der Waals surface area contributed by atoms with Crippen LogP contribution in [0.15, 0.2) is 5.11 Å². The van der Waals surface area contributed by atoms with Crippen LogP contribution in [0.4, 0.5) is 0 Å². The molecule has 0 aliphatic rings. The van der Waals surface area contributed by atoms with Gasteiger partial charge in [0, 0.05) is 4.91 Å². The van der Waals surface area contributed by atoms with Crippen molar-refractivity contribution in [1.82, 2.24) is 0 Å². The minimum absolute atomic E-state index is 0.762. The van der Waals surface area contributed by atoms with E-state index >= 15 is 0 Å². The Balaban J connectivity index is 5.34. The van der Waals surface area contributed by atoms with Crippen LogP contribution in [0.2, 0.25) is 0 Å². The summed E-state index contributed by atoms with van der Waals surface area (Å²) >= 11 is 0. The molecule has 16 heavy (non-hydrogen) atoms. The molecule has 0 radical (unpaired) electrons. The second-order valence-electron chi connectivity index (χ2n) is 3.01. The highest BCUT2D eigenvalue weighted by molar-refractivity contribution is 6.09. The van der Waals surface area contributed by atoms with Gasteiger partial charge in [0.05, 0.1) is 6.61 Å². The van der Waals surface area contributed by atoms with Gasteiger partial charge in [-0.3, -0.25) is 9.59 Å². The lowest BCUT2D eigenvalue weighted by Gasteiger charge is -2.29. The Bertz CT molecular complexity index is 339. The Morgan fingerprint density at radius 2 is 2.00 bits per heavy atom. The minimum atomic E-state index is -3.06.